The number of fused-ring (bicyclic) bond motifs is 1. The molecule has 0 unspecified atom stereocenters. The number of aromatic nitrogens is 3. The van der Waals surface area contributed by atoms with Crippen LogP contribution < -0.4 is 20.7 Å². The number of hydrogen-bond acceptors (Lipinski definition) is 8. The van der Waals surface area contributed by atoms with Gasteiger partial charge in [-0.3, -0.25) is 10.1 Å². The fourth-order valence-electron chi connectivity index (χ4n) is 5.33. The number of hydrogen-bond donors (Lipinski definition) is 3. The molecule has 4 aromatic rings. The molecule has 192 valence electrons. The van der Waals surface area contributed by atoms with Gasteiger partial charge in [-0.15, -0.1) is 0 Å². The van der Waals surface area contributed by atoms with Crippen LogP contribution in [0.1, 0.15) is 19.3 Å². The molecule has 2 amide bonds. The number of carbonyl (C=O) groups is 2. The smallest absolute Gasteiger partial charge is 0.410 e. The van der Waals surface area contributed by atoms with E-state index in [1.54, 1.807) is 7.11 Å². The number of ether oxygens (including phenoxy) is 2. The number of nitrogens with one attached hydrogen (secondary N) is 1. The average Bonchev–Trinajstić information content (AvgIpc) is 3.55. The first-order valence-electron chi connectivity index (χ1n) is 12.1. The van der Waals surface area contributed by atoms with Gasteiger partial charge < -0.3 is 29.8 Å². The molecule has 6 rings (SSSR count). The summed E-state index contributed by atoms with van der Waals surface area (Å²) in [4.78, 5) is 34.7. The van der Waals surface area contributed by atoms with E-state index >= 15 is 0 Å². The van der Waals surface area contributed by atoms with E-state index in [4.69, 9.17) is 25.3 Å². The van der Waals surface area contributed by atoms with Crippen LogP contribution in [0, 0.1) is 0 Å². The lowest BCUT2D eigenvalue weighted by Crippen LogP contribution is -2.46. The fraction of sp³-hybridized carbons (Fsp3) is 0.360. The molecule has 37 heavy (non-hydrogen) atoms. The molecule has 12 heteroatoms. The van der Waals surface area contributed by atoms with Crippen LogP contribution in [0.25, 0.3) is 32.6 Å². The Morgan fingerprint density at radius 1 is 1.19 bits per heavy atom. The van der Waals surface area contributed by atoms with Gasteiger partial charge in [0.15, 0.2) is 5.13 Å². The maximum absolute atomic E-state index is 12.3. The number of nitrogens with zero attached hydrogens (tertiary/aromatic N) is 4. The monoisotopic (exact) mass is 522 g/mol. The standard InChI is InChI=1S/C25H26N6O5S/c1-35-17-6-8-30(21(17)22(26)32)14-11-16-20-18(12-14)36-9-3-2-7-31(20)23(27-16)13-4-5-15-19(10-13)37-24(28-15)29-25(33)34/h4-5,10-12,17,21H,2-3,6-9H2,1H3,(H2,26,32)(H,28,29)(H,33,34)/t17-,21+/m1/s1. The highest BCUT2D eigenvalue weighted by Crippen LogP contribution is 2.39. The largest absolute Gasteiger partial charge is 0.491 e. The number of thiazole rings is 1. The number of benzene rings is 2. The van der Waals surface area contributed by atoms with E-state index in [0.29, 0.717) is 30.2 Å². The molecule has 2 aliphatic heterocycles. The molecular formula is C25H26N6O5S. The summed E-state index contributed by atoms with van der Waals surface area (Å²) >= 11 is 1.28. The van der Waals surface area contributed by atoms with Crippen LogP contribution in [0.3, 0.4) is 0 Å². The summed E-state index contributed by atoms with van der Waals surface area (Å²) in [6.45, 7) is 2.03. The molecule has 0 saturated carbocycles. The topological polar surface area (TPSA) is 145 Å². The zero-order chi connectivity index (χ0) is 25.7. The highest BCUT2D eigenvalue weighted by Gasteiger charge is 2.39. The predicted octanol–water partition coefficient (Wildman–Crippen LogP) is 3.65. The zero-order valence-corrected chi connectivity index (χ0v) is 21.0. The average molecular weight is 523 g/mol. The molecule has 0 spiro atoms. The van der Waals surface area contributed by atoms with Crippen molar-refractivity contribution in [3.8, 4) is 17.1 Å². The van der Waals surface area contributed by atoms with Crippen LogP contribution in [0.2, 0.25) is 0 Å². The van der Waals surface area contributed by atoms with Gasteiger partial charge in [-0.05, 0) is 43.5 Å². The second kappa shape index (κ2) is 9.20. The van der Waals surface area contributed by atoms with Gasteiger partial charge in [0, 0.05) is 37.5 Å². The lowest BCUT2D eigenvalue weighted by atomic mass is 10.1. The number of amides is 2. The van der Waals surface area contributed by atoms with E-state index in [1.165, 1.54) is 11.3 Å². The number of rotatable bonds is 5. The zero-order valence-electron chi connectivity index (χ0n) is 20.1. The van der Waals surface area contributed by atoms with Crippen molar-refractivity contribution >= 4 is 55.4 Å². The van der Waals surface area contributed by atoms with Crippen LogP contribution in [-0.2, 0) is 16.1 Å². The minimum absolute atomic E-state index is 0.267. The van der Waals surface area contributed by atoms with Gasteiger partial charge in [0.05, 0.1) is 28.4 Å². The summed E-state index contributed by atoms with van der Waals surface area (Å²) in [5, 5.41) is 11.7. The normalized spacial score (nSPS) is 19.5. The minimum Gasteiger partial charge on any atom is -0.491 e. The van der Waals surface area contributed by atoms with Gasteiger partial charge in [-0.2, -0.15) is 0 Å². The van der Waals surface area contributed by atoms with E-state index in [-0.39, 0.29) is 6.10 Å². The van der Waals surface area contributed by atoms with Crippen LogP contribution in [0.15, 0.2) is 30.3 Å². The van der Waals surface area contributed by atoms with Crippen LogP contribution in [0.5, 0.6) is 5.75 Å². The number of methoxy groups -OCH3 is 1. The number of carbonyl (C=O) groups excluding carboxylic acids is 1. The summed E-state index contributed by atoms with van der Waals surface area (Å²) in [5.74, 6) is 1.10. The van der Waals surface area contributed by atoms with E-state index < -0.39 is 18.0 Å². The van der Waals surface area contributed by atoms with Crippen LogP contribution in [0.4, 0.5) is 15.6 Å². The number of imidazole rings is 1. The molecule has 2 aromatic heterocycles. The molecule has 11 nitrogen and oxygen atoms in total. The fourth-order valence-corrected chi connectivity index (χ4v) is 6.22. The van der Waals surface area contributed by atoms with Crippen LogP contribution >= 0.6 is 11.3 Å². The second-order valence-corrected chi connectivity index (χ2v) is 10.2. The molecule has 0 radical (unpaired) electrons. The quantitative estimate of drug-likeness (QED) is 0.360. The maximum atomic E-state index is 12.3. The summed E-state index contributed by atoms with van der Waals surface area (Å²) in [7, 11) is 1.60. The van der Waals surface area contributed by atoms with Crippen molar-refractivity contribution in [2.75, 3.05) is 30.5 Å². The Balaban J connectivity index is 1.47. The maximum Gasteiger partial charge on any atom is 0.410 e. The lowest BCUT2D eigenvalue weighted by Gasteiger charge is -2.27. The third kappa shape index (κ3) is 4.11. The molecule has 4 N–H and O–H groups in total. The Labute approximate surface area is 215 Å². The van der Waals surface area contributed by atoms with Crippen molar-refractivity contribution < 1.29 is 24.2 Å². The third-order valence-electron chi connectivity index (χ3n) is 6.95. The van der Waals surface area contributed by atoms with E-state index in [9.17, 15) is 9.59 Å². The van der Waals surface area contributed by atoms with Gasteiger partial charge in [0.25, 0.3) is 0 Å². The van der Waals surface area contributed by atoms with Crippen molar-refractivity contribution in [3.05, 3.63) is 30.3 Å². The number of nitrogens with two attached hydrogens (primary N) is 1. The number of carboxylic acid groups (broad SMARTS) is 1. The SMILES string of the molecule is CO[C@@H]1CCN(c2cc3c4c(c2)nc(-c2ccc5nc(NC(=O)O)sc5c2)n4CCCCO3)[C@@H]1C(N)=O. The van der Waals surface area contributed by atoms with Crippen molar-refractivity contribution in [1.29, 1.82) is 0 Å². The summed E-state index contributed by atoms with van der Waals surface area (Å²) < 4.78 is 14.8. The van der Waals surface area contributed by atoms with Gasteiger partial charge >= 0.3 is 6.09 Å². The van der Waals surface area contributed by atoms with E-state index in [2.05, 4.69) is 14.9 Å². The third-order valence-corrected chi connectivity index (χ3v) is 7.89. The second-order valence-electron chi connectivity index (χ2n) is 9.19. The first kappa shape index (κ1) is 23.5. The Morgan fingerprint density at radius 3 is 2.84 bits per heavy atom. The van der Waals surface area contributed by atoms with E-state index in [0.717, 1.165) is 57.9 Å². The van der Waals surface area contributed by atoms with Crippen LogP contribution in [-0.4, -0.2) is 64.0 Å². The molecular weight excluding hydrogens is 496 g/mol. The molecule has 2 aromatic carbocycles. The van der Waals surface area contributed by atoms with E-state index in [1.807, 2.05) is 35.2 Å². The predicted molar refractivity (Wildman–Crippen MR) is 140 cm³/mol. The Bertz CT molecular complexity index is 1530. The van der Waals surface area contributed by atoms with Gasteiger partial charge in [-0.1, -0.05) is 11.3 Å². The first-order chi connectivity index (χ1) is 17.9. The van der Waals surface area contributed by atoms with Gasteiger partial charge in [0.2, 0.25) is 5.91 Å². The van der Waals surface area contributed by atoms with Crippen molar-refractivity contribution in [1.82, 2.24) is 14.5 Å². The Morgan fingerprint density at radius 2 is 2.05 bits per heavy atom. The van der Waals surface area contributed by atoms with Crippen molar-refractivity contribution in [3.63, 3.8) is 0 Å². The lowest BCUT2D eigenvalue weighted by molar-refractivity contribution is -0.121. The Hall–Kier alpha value is -3.90. The minimum atomic E-state index is -1.15. The highest BCUT2D eigenvalue weighted by atomic mass is 32.1. The van der Waals surface area contributed by atoms with Crippen molar-refractivity contribution in [2.45, 2.75) is 38.0 Å². The van der Waals surface area contributed by atoms with Gasteiger partial charge in [0.1, 0.15) is 23.1 Å². The molecule has 4 heterocycles. The molecule has 1 saturated heterocycles. The Kier molecular flexibility index (Phi) is 5.84. The highest BCUT2D eigenvalue weighted by molar-refractivity contribution is 7.22. The number of primary amides is 1. The van der Waals surface area contributed by atoms with Crippen molar-refractivity contribution in [2.24, 2.45) is 5.73 Å². The summed E-state index contributed by atoms with van der Waals surface area (Å²) in [6, 6.07) is 9.20. The summed E-state index contributed by atoms with van der Waals surface area (Å²) in [6.07, 6.45) is 1.13. The molecule has 0 bridgehead atoms. The molecule has 2 aliphatic rings. The first-order valence-corrected chi connectivity index (χ1v) is 12.9. The summed E-state index contributed by atoms with van der Waals surface area (Å²) in [5.41, 5.74) is 9.88. The molecule has 1 fully saturated rings. The number of anilines is 2. The molecule has 0 aliphatic carbocycles. The van der Waals surface area contributed by atoms with Gasteiger partial charge in [-0.25, -0.2) is 14.8 Å². The number of aryl methyl sites for hydroxylation is 1. The molecule has 2 atom stereocenters.